The molecule has 0 fully saturated rings. The van der Waals surface area contributed by atoms with Gasteiger partial charge in [-0.1, -0.05) is 18.2 Å². The van der Waals surface area contributed by atoms with Crippen LogP contribution < -0.4 is 5.32 Å². The normalized spacial score (nSPS) is 10.7. The van der Waals surface area contributed by atoms with Gasteiger partial charge in [-0.15, -0.1) is 0 Å². The molecule has 1 N–H and O–H groups in total. The van der Waals surface area contributed by atoms with Crippen LogP contribution in [0, 0.1) is 10.1 Å². The highest BCUT2D eigenvalue weighted by Gasteiger charge is 2.16. The maximum atomic E-state index is 12.6. The molecule has 0 radical (unpaired) electrons. The van der Waals surface area contributed by atoms with Crippen molar-refractivity contribution < 1.29 is 9.72 Å². The Morgan fingerprint density at radius 3 is 2.75 bits per heavy atom. The third-order valence-corrected chi connectivity index (χ3v) is 4.22. The lowest BCUT2D eigenvalue weighted by Gasteiger charge is -2.10. The van der Waals surface area contributed by atoms with Gasteiger partial charge >= 0.3 is 0 Å². The highest BCUT2D eigenvalue weighted by molar-refractivity contribution is 5.92. The zero-order valence-electron chi connectivity index (χ0n) is 14.6. The third-order valence-electron chi connectivity index (χ3n) is 4.22. The van der Waals surface area contributed by atoms with Crippen molar-refractivity contribution in [2.45, 2.75) is 6.54 Å². The number of carbonyl (C=O) groups excluding carboxylic acids is 1. The van der Waals surface area contributed by atoms with E-state index in [4.69, 9.17) is 0 Å². The first kappa shape index (κ1) is 17.3. The molecule has 0 aliphatic carbocycles. The molecule has 138 valence electrons. The second-order valence-corrected chi connectivity index (χ2v) is 6.11. The molecule has 4 aromatic rings. The SMILES string of the molecule is O=C(Cn1c(-c2cccnc2)nc2ccccc21)Nc1cccc([N+](=O)[O-])c1. The predicted molar refractivity (Wildman–Crippen MR) is 105 cm³/mol. The average molecular weight is 373 g/mol. The molecule has 0 bridgehead atoms. The molecule has 0 spiro atoms. The van der Waals surface area contributed by atoms with Gasteiger partial charge in [-0.2, -0.15) is 0 Å². The molecule has 8 heteroatoms. The lowest BCUT2D eigenvalue weighted by Crippen LogP contribution is -2.19. The Morgan fingerprint density at radius 1 is 1.11 bits per heavy atom. The summed E-state index contributed by atoms with van der Waals surface area (Å²) < 4.78 is 1.80. The number of anilines is 1. The van der Waals surface area contributed by atoms with Crippen molar-refractivity contribution in [3.05, 3.63) is 83.2 Å². The number of para-hydroxylation sites is 2. The molecule has 28 heavy (non-hydrogen) atoms. The summed E-state index contributed by atoms with van der Waals surface area (Å²) >= 11 is 0. The van der Waals surface area contributed by atoms with Crippen LogP contribution in [0.25, 0.3) is 22.4 Å². The quantitative estimate of drug-likeness (QED) is 0.425. The van der Waals surface area contributed by atoms with Crippen LogP contribution in [0.5, 0.6) is 0 Å². The molecule has 2 heterocycles. The van der Waals surface area contributed by atoms with E-state index >= 15 is 0 Å². The van der Waals surface area contributed by atoms with Crippen molar-refractivity contribution in [3.63, 3.8) is 0 Å². The minimum atomic E-state index is -0.500. The highest BCUT2D eigenvalue weighted by atomic mass is 16.6. The first-order valence-corrected chi connectivity index (χ1v) is 8.52. The summed E-state index contributed by atoms with van der Waals surface area (Å²) in [6.45, 7) is 0.00737. The van der Waals surface area contributed by atoms with Gasteiger partial charge in [-0.3, -0.25) is 19.9 Å². The number of nitro groups is 1. The molecule has 0 unspecified atom stereocenters. The van der Waals surface area contributed by atoms with Crippen LogP contribution in [0.15, 0.2) is 73.1 Å². The summed E-state index contributed by atoms with van der Waals surface area (Å²) in [4.78, 5) is 31.8. The lowest BCUT2D eigenvalue weighted by molar-refractivity contribution is -0.384. The van der Waals surface area contributed by atoms with Gasteiger partial charge < -0.3 is 9.88 Å². The van der Waals surface area contributed by atoms with Crippen LogP contribution in [0.3, 0.4) is 0 Å². The topological polar surface area (TPSA) is 103 Å². The Bertz CT molecular complexity index is 1170. The number of nitrogens with zero attached hydrogens (tertiary/aromatic N) is 4. The van der Waals surface area contributed by atoms with E-state index in [9.17, 15) is 14.9 Å². The summed E-state index contributed by atoms with van der Waals surface area (Å²) in [5, 5.41) is 13.6. The summed E-state index contributed by atoms with van der Waals surface area (Å²) in [5.74, 6) is 0.317. The summed E-state index contributed by atoms with van der Waals surface area (Å²) in [5.41, 5.74) is 2.66. The van der Waals surface area contributed by atoms with Crippen LogP contribution >= 0.6 is 0 Å². The largest absolute Gasteiger partial charge is 0.324 e. The molecule has 1 amide bonds. The second kappa shape index (κ2) is 7.28. The van der Waals surface area contributed by atoms with Gasteiger partial charge in [0.2, 0.25) is 5.91 Å². The second-order valence-electron chi connectivity index (χ2n) is 6.11. The lowest BCUT2D eigenvalue weighted by atomic mass is 10.2. The Labute approximate surface area is 159 Å². The van der Waals surface area contributed by atoms with E-state index in [1.807, 2.05) is 36.4 Å². The Kier molecular flexibility index (Phi) is 4.51. The van der Waals surface area contributed by atoms with Crippen molar-refractivity contribution in [1.29, 1.82) is 0 Å². The van der Waals surface area contributed by atoms with E-state index in [-0.39, 0.29) is 18.1 Å². The van der Waals surface area contributed by atoms with Crippen molar-refractivity contribution in [2.75, 3.05) is 5.32 Å². The molecule has 2 aromatic heterocycles. The number of amides is 1. The predicted octanol–water partition coefficient (Wildman–Crippen LogP) is 3.65. The van der Waals surface area contributed by atoms with Gasteiger partial charge in [0.15, 0.2) is 0 Å². The molecule has 0 aliphatic rings. The number of imidazole rings is 1. The maximum absolute atomic E-state index is 12.6. The molecule has 4 rings (SSSR count). The molecule has 2 aromatic carbocycles. The Hall–Kier alpha value is -4.07. The number of aromatic nitrogens is 3. The monoisotopic (exact) mass is 373 g/mol. The summed E-state index contributed by atoms with van der Waals surface area (Å²) in [7, 11) is 0. The van der Waals surface area contributed by atoms with Crippen LogP contribution in [0.2, 0.25) is 0 Å². The minimum Gasteiger partial charge on any atom is -0.324 e. The first-order chi connectivity index (χ1) is 13.6. The zero-order valence-corrected chi connectivity index (χ0v) is 14.6. The van der Waals surface area contributed by atoms with Crippen molar-refractivity contribution in [2.24, 2.45) is 0 Å². The first-order valence-electron chi connectivity index (χ1n) is 8.52. The number of pyridine rings is 1. The number of nitrogens with one attached hydrogen (secondary N) is 1. The van der Waals surface area contributed by atoms with E-state index in [0.29, 0.717) is 11.5 Å². The van der Waals surface area contributed by atoms with E-state index < -0.39 is 4.92 Å². The molecule has 8 nitrogen and oxygen atoms in total. The van der Waals surface area contributed by atoms with E-state index in [1.165, 1.54) is 18.2 Å². The van der Waals surface area contributed by atoms with Gasteiger partial charge in [-0.05, 0) is 30.3 Å². The fourth-order valence-electron chi connectivity index (χ4n) is 2.99. The van der Waals surface area contributed by atoms with Crippen LogP contribution in [-0.2, 0) is 11.3 Å². The van der Waals surface area contributed by atoms with Gasteiger partial charge in [-0.25, -0.2) is 4.98 Å². The number of carbonyl (C=O) groups is 1. The summed E-state index contributed by atoms with van der Waals surface area (Å²) in [6, 6.07) is 17.1. The fraction of sp³-hybridized carbons (Fsp3) is 0.0500. The molecule has 0 aliphatic heterocycles. The number of hydrogen-bond acceptors (Lipinski definition) is 5. The standard InChI is InChI=1S/C20H15N5O3/c26-19(22-15-6-3-7-16(11-15)25(27)28)13-24-18-9-2-1-8-17(18)23-20(24)14-5-4-10-21-12-14/h1-12H,13H2,(H,22,26). The van der Waals surface area contributed by atoms with E-state index in [0.717, 1.165) is 16.6 Å². The number of hydrogen-bond donors (Lipinski definition) is 1. The van der Waals surface area contributed by atoms with Crippen molar-refractivity contribution in [1.82, 2.24) is 14.5 Å². The number of nitro benzene ring substituents is 1. The van der Waals surface area contributed by atoms with Crippen LogP contribution in [0.4, 0.5) is 11.4 Å². The van der Waals surface area contributed by atoms with Crippen molar-refractivity contribution in [3.8, 4) is 11.4 Å². The van der Waals surface area contributed by atoms with E-state index in [1.54, 1.807) is 23.0 Å². The smallest absolute Gasteiger partial charge is 0.271 e. The van der Waals surface area contributed by atoms with Gasteiger partial charge in [0.25, 0.3) is 5.69 Å². The Morgan fingerprint density at radius 2 is 1.96 bits per heavy atom. The molecule has 0 saturated heterocycles. The number of benzene rings is 2. The highest BCUT2D eigenvalue weighted by Crippen LogP contribution is 2.24. The summed E-state index contributed by atoms with van der Waals surface area (Å²) in [6.07, 6.45) is 3.36. The number of non-ortho nitro benzene ring substituents is 1. The molecule has 0 atom stereocenters. The molecular formula is C20H15N5O3. The molecular weight excluding hydrogens is 358 g/mol. The number of rotatable bonds is 5. The molecule has 0 saturated carbocycles. The fourth-order valence-corrected chi connectivity index (χ4v) is 2.99. The Balaban J connectivity index is 1.66. The van der Waals surface area contributed by atoms with Gasteiger partial charge in [0.1, 0.15) is 12.4 Å². The third kappa shape index (κ3) is 3.43. The zero-order chi connectivity index (χ0) is 19.5. The minimum absolute atomic E-state index is 0.00737. The van der Waals surface area contributed by atoms with Gasteiger partial charge in [0.05, 0.1) is 16.0 Å². The van der Waals surface area contributed by atoms with E-state index in [2.05, 4.69) is 15.3 Å². The van der Waals surface area contributed by atoms with Crippen LogP contribution in [-0.4, -0.2) is 25.4 Å². The van der Waals surface area contributed by atoms with Crippen molar-refractivity contribution >= 4 is 28.3 Å². The maximum Gasteiger partial charge on any atom is 0.271 e. The number of fused-ring (bicyclic) bond motifs is 1. The average Bonchev–Trinajstić information content (AvgIpc) is 3.07. The van der Waals surface area contributed by atoms with Gasteiger partial charge in [0, 0.05) is 35.8 Å². The van der Waals surface area contributed by atoms with Crippen LogP contribution in [0.1, 0.15) is 0 Å².